The van der Waals surface area contributed by atoms with Crippen molar-refractivity contribution >= 4 is 11.6 Å². The van der Waals surface area contributed by atoms with Crippen LogP contribution >= 0.6 is 11.6 Å². The maximum atomic E-state index is 5.81. The molecule has 1 heterocycles. The number of pyridine rings is 1. The quantitative estimate of drug-likeness (QED) is 0.611. The third kappa shape index (κ3) is 3.41. The summed E-state index contributed by atoms with van der Waals surface area (Å²) in [4.78, 5) is 4.14. The molecule has 0 bridgehead atoms. The highest BCUT2D eigenvalue weighted by atomic mass is 35.5. The third-order valence-electron chi connectivity index (χ3n) is 3.12. The monoisotopic (exact) mass is 295 g/mol. The molecular formula is C18H14ClNO. The highest BCUT2D eigenvalue weighted by Crippen LogP contribution is 2.26. The highest BCUT2D eigenvalue weighted by molar-refractivity contribution is 6.16. The molecule has 0 spiro atoms. The van der Waals surface area contributed by atoms with Crippen LogP contribution in [-0.4, -0.2) is 4.98 Å². The Labute approximate surface area is 129 Å². The lowest BCUT2D eigenvalue weighted by Gasteiger charge is -2.07. The van der Waals surface area contributed by atoms with Crippen LogP contribution in [0.25, 0.3) is 11.1 Å². The van der Waals surface area contributed by atoms with Crippen LogP contribution < -0.4 is 4.74 Å². The fourth-order valence-electron chi connectivity index (χ4n) is 2.07. The molecule has 1 aromatic heterocycles. The second kappa shape index (κ2) is 6.42. The third-order valence-corrected chi connectivity index (χ3v) is 3.40. The van der Waals surface area contributed by atoms with Gasteiger partial charge in [-0.05, 0) is 29.3 Å². The Morgan fingerprint density at radius 3 is 2.24 bits per heavy atom. The predicted octanol–water partition coefficient (Wildman–Crippen LogP) is 5.28. The van der Waals surface area contributed by atoms with Crippen LogP contribution in [0, 0.1) is 0 Å². The Morgan fingerprint density at radius 2 is 1.52 bits per heavy atom. The molecule has 2 aromatic carbocycles. The Bertz CT molecular complexity index is 711. The van der Waals surface area contributed by atoms with Gasteiger partial charge in [0.05, 0.1) is 11.6 Å². The van der Waals surface area contributed by atoms with Crippen LogP contribution in [-0.2, 0) is 5.88 Å². The van der Waals surface area contributed by atoms with Crippen LogP contribution in [0.4, 0.5) is 0 Å². The number of halogens is 1. The van der Waals surface area contributed by atoms with E-state index in [0.717, 1.165) is 17.2 Å². The van der Waals surface area contributed by atoms with Gasteiger partial charge in [0.15, 0.2) is 0 Å². The van der Waals surface area contributed by atoms with Crippen LogP contribution in [0.2, 0.25) is 0 Å². The van der Waals surface area contributed by atoms with Crippen LogP contribution in [0.3, 0.4) is 0 Å². The molecule has 0 saturated heterocycles. The molecular weight excluding hydrogens is 282 g/mol. The minimum Gasteiger partial charge on any atom is -0.457 e. The molecule has 0 N–H and O–H groups in total. The summed E-state index contributed by atoms with van der Waals surface area (Å²) in [6.45, 7) is 0. The summed E-state index contributed by atoms with van der Waals surface area (Å²) < 4.78 is 5.81. The van der Waals surface area contributed by atoms with Gasteiger partial charge in [0.25, 0.3) is 0 Å². The van der Waals surface area contributed by atoms with Gasteiger partial charge in [0, 0.05) is 12.3 Å². The van der Waals surface area contributed by atoms with Crippen molar-refractivity contribution in [2.24, 2.45) is 0 Å². The molecule has 0 aliphatic rings. The first-order valence-corrected chi connectivity index (χ1v) is 7.23. The summed E-state index contributed by atoms with van der Waals surface area (Å²) in [6, 6.07) is 21.9. The number of hydrogen-bond donors (Lipinski definition) is 0. The van der Waals surface area contributed by atoms with Crippen molar-refractivity contribution in [3.8, 4) is 22.6 Å². The molecule has 0 aliphatic heterocycles. The molecule has 0 unspecified atom stereocenters. The number of rotatable bonds is 4. The summed E-state index contributed by atoms with van der Waals surface area (Å²) >= 11 is 5.77. The summed E-state index contributed by atoms with van der Waals surface area (Å²) in [5.41, 5.74) is 3.16. The van der Waals surface area contributed by atoms with Gasteiger partial charge in [-0.2, -0.15) is 0 Å². The fourth-order valence-corrected chi connectivity index (χ4v) is 2.22. The number of aromatic nitrogens is 1. The van der Waals surface area contributed by atoms with E-state index in [4.69, 9.17) is 16.3 Å². The van der Waals surface area contributed by atoms with E-state index in [-0.39, 0.29) is 0 Å². The minimum atomic E-state index is 0.379. The summed E-state index contributed by atoms with van der Waals surface area (Å²) in [6.07, 6.45) is 1.70. The first-order chi connectivity index (χ1) is 10.3. The van der Waals surface area contributed by atoms with E-state index in [1.807, 2.05) is 54.6 Å². The number of hydrogen-bond acceptors (Lipinski definition) is 2. The molecule has 3 heteroatoms. The molecule has 3 aromatic rings. The van der Waals surface area contributed by atoms with Crippen molar-refractivity contribution in [1.82, 2.24) is 4.98 Å². The SMILES string of the molecule is ClCc1cc(Oc2ccc(-c3ccccc3)cc2)ccn1. The van der Waals surface area contributed by atoms with Crippen LogP contribution in [0.15, 0.2) is 72.9 Å². The van der Waals surface area contributed by atoms with Gasteiger partial charge in [0.2, 0.25) is 0 Å². The second-order valence-corrected chi connectivity index (χ2v) is 4.88. The lowest BCUT2D eigenvalue weighted by atomic mass is 10.1. The van der Waals surface area contributed by atoms with Gasteiger partial charge in [-0.15, -0.1) is 11.6 Å². The zero-order valence-corrected chi connectivity index (χ0v) is 12.1. The van der Waals surface area contributed by atoms with Crippen molar-refractivity contribution < 1.29 is 4.74 Å². The molecule has 104 valence electrons. The lowest BCUT2D eigenvalue weighted by Crippen LogP contribution is -1.88. The van der Waals surface area contributed by atoms with Gasteiger partial charge < -0.3 is 4.74 Å². The van der Waals surface area contributed by atoms with E-state index in [1.165, 1.54) is 11.1 Å². The van der Waals surface area contributed by atoms with Gasteiger partial charge in [0.1, 0.15) is 11.5 Å². The summed E-state index contributed by atoms with van der Waals surface area (Å²) in [5.74, 6) is 1.92. The van der Waals surface area contributed by atoms with Gasteiger partial charge in [-0.3, -0.25) is 4.98 Å². The number of ether oxygens (including phenoxy) is 1. The smallest absolute Gasteiger partial charge is 0.130 e. The van der Waals surface area contributed by atoms with Gasteiger partial charge >= 0.3 is 0 Å². The van der Waals surface area contributed by atoms with Crippen molar-refractivity contribution in [2.45, 2.75) is 5.88 Å². The van der Waals surface area contributed by atoms with E-state index in [2.05, 4.69) is 17.1 Å². The normalized spacial score (nSPS) is 10.3. The highest BCUT2D eigenvalue weighted by Gasteiger charge is 2.01. The van der Waals surface area contributed by atoms with Crippen LogP contribution in [0.5, 0.6) is 11.5 Å². The number of nitrogens with zero attached hydrogens (tertiary/aromatic N) is 1. The Kier molecular flexibility index (Phi) is 4.17. The lowest BCUT2D eigenvalue weighted by molar-refractivity contribution is 0.481. The Morgan fingerprint density at radius 1 is 0.810 bits per heavy atom. The second-order valence-electron chi connectivity index (χ2n) is 4.61. The van der Waals surface area contributed by atoms with E-state index in [9.17, 15) is 0 Å². The maximum Gasteiger partial charge on any atom is 0.130 e. The van der Waals surface area contributed by atoms with Crippen LogP contribution in [0.1, 0.15) is 5.69 Å². The zero-order valence-electron chi connectivity index (χ0n) is 11.4. The molecule has 0 fully saturated rings. The molecule has 0 amide bonds. The Hall–Kier alpha value is -2.32. The topological polar surface area (TPSA) is 22.1 Å². The molecule has 0 radical (unpaired) electrons. The first kappa shape index (κ1) is 13.7. The largest absolute Gasteiger partial charge is 0.457 e. The first-order valence-electron chi connectivity index (χ1n) is 6.69. The van der Waals surface area contributed by atoms with Crippen molar-refractivity contribution in [3.63, 3.8) is 0 Å². The average Bonchev–Trinajstić information content (AvgIpc) is 2.56. The molecule has 21 heavy (non-hydrogen) atoms. The fraction of sp³-hybridized carbons (Fsp3) is 0.0556. The number of alkyl halides is 1. The molecule has 0 saturated carbocycles. The Balaban J connectivity index is 1.78. The van der Waals surface area contributed by atoms with E-state index in [1.54, 1.807) is 6.20 Å². The molecule has 3 rings (SSSR count). The molecule has 0 aliphatic carbocycles. The van der Waals surface area contributed by atoms with E-state index in [0.29, 0.717) is 5.88 Å². The minimum absolute atomic E-state index is 0.379. The standard InChI is InChI=1S/C18H14ClNO/c19-13-16-12-18(10-11-20-16)21-17-8-6-15(7-9-17)14-4-2-1-3-5-14/h1-12H,13H2. The van der Waals surface area contributed by atoms with Crippen molar-refractivity contribution in [2.75, 3.05) is 0 Å². The number of benzene rings is 2. The molecule has 2 nitrogen and oxygen atoms in total. The van der Waals surface area contributed by atoms with E-state index >= 15 is 0 Å². The summed E-state index contributed by atoms with van der Waals surface area (Å²) in [5, 5.41) is 0. The average molecular weight is 296 g/mol. The zero-order chi connectivity index (χ0) is 14.5. The van der Waals surface area contributed by atoms with E-state index < -0.39 is 0 Å². The van der Waals surface area contributed by atoms with Crippen molar-refractivity contribution in [3.05, 3.63) is 78.6 Å². The van der Waals surface area contributed by atoms with Gasteiger partial charge in [-0.25, -0.2) is 0 Å². The molecule has 0 atom stereocenters. The van der Waals surface area contributed by atoms with Gasteiger partial charge in [-0.1, -0.05) is 42.5 Å². The van der Waals surface area contributed by atoms with Crippen molar-refractivity contribution in [1.29, 1.82) is 0 Å². The summed E-state index contributed by atoms with van der Waals surface area (Å²) in [7, 11) is 0. The predicted molar refractivity (Wildman–Crippen MR) is 85.7 cm³/mol. The maximum absolute atomic E-state index is 5.81.